The zero-order valence-electron chi connectivity index (χ0n) is 12.1. The SMILES string of the molecule is Cc1ccccc1C(=O)Cn1c(C)c(Br)c2ccccc21. The monoisotopic (exact) mass is 341 g/mol. The van der Waals surface area contributed by atoms with E-state index < -0.39 is 0 Å². The molecule has 3 aromatic rings. The average Bonchev–Trinajstić information content (AvgIpc) is 2.73. The lowest BCUT2D eigenvalue weighted by molar-refractivity contribution is 0.0972. The molecule has 2 aromatic carbocycles. The van der Waals surface area contributed by atoms with E-state index in [1.54, 1.807) is 0 Å². The van der Waals surface area contributed by atoms with E-state index in [9.17, 15) is 4.79 Å². The number of benzene rings is 2. The van der Waals surface area contributed by atoms with Gasteiger partial charge in [-0.05, 0) is 41.4 Å². The number of ketones is 1. The Morgan fingerprint density at radius 3 is 2.48 bits per heavy atom. The van der Waals surface area contributed by atoms with Crippen LogP contribution in [0.1, 0.15) is 21.6 Å². The molecule has 0 aliphatic heterocycles. The van der Waals surface area contributed by atoms with Crippen molar-refractivity contribution in [1.82, 2.24) is 4.57 Å². The minimum Gasteiger partial charge on any atom is -0.336 e. The molecule has 0 N–H and O–H groups in total. The molecule has 0 aliphatic rings. The summed E-state index contributed by atoms with van der Waals surface area (Å²) in [6.07, 6.45) is 0. The van der Waals surface area contributed by atoms with Gasteiger partial charge in [0.25, 0.3) is 0 Å². The van der Waals surface area contributed by atoms with Crippen LogP contribution >= 0.6 is 15.9 Å². The van der Waals surface area contributed by atoms with E-state index in [1.807, 2.05) is 50.2 Å². The molecule has 0 fully saturated rings. The number of Topliss-reactive ketones (excluding diaryl/α,β-unsaturated/α-hetero) is 1. The van der Waals surface area contributed by atoms with Crippen molar-refractivity contribution in [2.24, 2.45) is 0 Å². The van der Waals surface area contributed by atoms with Gasteiger partial charge >= 0.3 is 0 Å². The highest BCUT2D eigenvalue weighted by Crippen LogP contribution is 2.30. The van der Waals surface area contributed by atoms with Crippen LogP contribution in [0.2, 0.25) is 0 Å². The maximum absolute atomic E-state index is 12.6. The van der Waals surface area contributed by atoms with Crippen molar-refractivity contribution < 1.29 is 4.79 Å². The van der Waals surface area contributed by atoms with Crippen LogP contribution < -0.4 is 0 Å². The van der Waals surface area contributed by atoms with E-state index in [0.717, 1.165) is 32.2 Å². The molecule has 0 atom stereocenters. The van der Waals surface area contributed by atoms with E-state index in [-0.39, 0.29) is 5.78 Å². The Balaban J connectivity index is 2.05. The highest BCUT2D eigenvalue weighted by Gasteiger charge is 2.15. The fourth-order valence-electron chi connectivity index (χ4n) is 2.71. The third-order valence-electron chi connectivity index (χ3n) is 3.90. The molecule has 2 nitrogen and oxygen atoms in total. The number of rotatable bonds is 3. The summed E-state index contributed by atoms with van der Waals surface area (Å²) in [7, 11) is 0. The molecule has 106 valence electrons. The summed E-state index contributed by atoms with van der Waals surface area (Å²) >= 11 is 3.63. The normalized spacial score (nSPS) is 11.0. The Bertz CT molecular complexity index is 832. The zero-order valence-corrected chi connectivity index (χ0v) is 13.6. The van der Waals surface area contributed by atoms with Crippen LogP contribution in [-0.4, -0.2) is 10.4 Å². The molecule has 21 heavy (non-hydrogen) atoms. The molecule has 0 unspecified atom stereocenters. The first kappa shape index (κ1) is 14.1. The first-order chi connectivity index (χ1) is 10.1. The number of hydrogen-bond acceptors (Lipinski definition) is 1. The average molecular weight is 342 g/mol. The fraction of sp³-hybridized carbons (Fsp3) is 0.167. The number of fused-ring (bicyclic) bond motifs is 1. The molecule has 0 saturated heterocycles. The molecule has 0 spiro atoms. The number of aryl methyl sites for hydroxylation is 1. The highest BCUT2D eigenvalue weighted by molar-refractivity contribution is 9.10. The number of halogens is 1. The molecule has 0 amide bonds. The van der Waals surface area contributed by atoms with Gasteiger partial charge in [0.2, 0.25) is 0 Å². The van der Waals surface area contributed by atoms with Gasteiger partial charge in [0.1, 0.15) is 0 Å². The third-order valence-corrected chi connectivity index (χ3v) is 4.90. The Hall–Kier alpha value is -1.87. The standard InChI is InChI=1S/C18H16BrNO/c1-12-7-3-4-8-14(12)17(21)11-20-13(2)18(19)15-9-5-6-10-16(15)20/h3-10H,11H2,1-2H3. The molecule has 1 aromatic heterocycles. The molecule has 0 aliphatic carbocycles. The van der Waals surface area contributed by atoms with Crippen LogP contribution in [0, 0.1) is 13.8 Å². The van der Waals surface area contributed by atoms with Crippen molar-refractivity contribution in [3.63, 3.8) is 0 Å². The van der Waals surface area contributed by atoms with Gasteiger partial charge < -0.3 is 4.57 Å². The van der Waals surface area contributed by atoms with Gasteiger partial charge in [-0.2, -0.15) is 0 Å². The predicted octanol–water partition coefficient (Wildman–Crippen LogP) is 4.90. The van der Waals surface area contributed by atoms with Crippen LogP contribution in [0.3, 0.4) is 0 Å². The van der Waals surface area contributed by atoms with Gasteiger partial charge in [-0.25, -0.2) is 0 Å². The summed E-state index contributed by atoms with van der Waals surface area (Å²) in [6.45, 7) is 4.38. The van der Waals surface area contributed by atoms with Gasteiger partial charge in [-0.1, -0.05) is 42.5 Å². The Labute approximate surface area is 132 Å². The molecule has 1 heterocycles. The molecule has 3 rings (SSSR count). The smallest absolute Gasteiger partial charge is 0.182 e. The summed E-state index contributed by atoms with van der Waals surface area (Å²) in [6, 6.07) is 15.9. The number of carbonyl (C=O) groups excluding carboxylic acids is 1. The molecular formula is C18H16BrNO. The fourth-order valence-corrected chi connectivity index (χ4v) is 3.26. The van der Waals surface area contributed by atoms with Crippen molar-refractivity contribution in [3.8, 4) is 0 Å². The molecule has 0 radical (unpaired) electrons. The van der Waals surface area contributed by atoms with Crippen LogP contribution in [0.25, 0.3) is 10.9 Å². The summed E-state index contributed by atoms with van der Waals surface area (Å²) in [5.74, 6) is 0.143. The van der Waals surface area contributed by atoms with Crippen LogP contribution in [0.5, 0.6) is 0 Å². The van der Waals surface area contributed by atoms with E-state index >= 15 is 0 Å². The maximum Gasteiger partial charge on any atom is 0.182 e. The number of hydrogen-bond donors (Lipinski definition) is 0. The van der Waals surface area contributed by atoms with E-state index in [1.165, 1.54) is 0 Å². The summed E-state index contributed by atoms with van der Waals surface area (Å²) in [5.41, 5.74) is 3.99. The van der Waals surface area contributed by atoms with E-state index in [0.29, 0.717) is 6.54 Å². The minimum absolute atomic E-state index is 0.143. The van der Waals surface area contributed by atoms with Gasteiger partial charge in [-0.15, -0.1) is 0 Å². The van der Waals surface area contributed by atoms with Crippen molar-refractivity contribution in [1.29, 1.82) is 0 Å². The number of para-hydroxylation sites is 1. The Kier molecular flexibility index (Phi) is 3.68. The molecule has 0 saturated carbocycles. The summed E-state index contributed by atoms with van der Waals surface area (Å²) < 4.78 is 3.14. The second kappa shape index (κ2) is 5.49. The van der Waals surface area contributed by atoms with Gasteiger partial charge in [0.15, 0.2) is 5.78 Å². The van der Waals surface area contributed by atoms with Gasteiger partial charge in [0.05, 0.1) is 6.54 Å². The lowest BCUT2D eigenvalue weighted by Crippen LogP contribution is -2.12. The Morgan fingerprint density at radius 2 is 1.71 bits per heavy atom. The molecule has 0 bridgehead atoms. The summed E-state index contributed by atoms with van der Waals surface area (Å²) in [5, 5.41) is 1.15. The topological polar surface area (TPSA) is 22.0 Å². The van der Waals surface area contributed by atoms with Crippen molar-refractivity contribution in [2.75, 3.05) is 0 Å². The zero-order chi connectivity index (χ0) is 15.0. The van der Waals surface area contributed by atoms with Crippen LogP contribution in [-0.2, 0) is 6.54 Å². The number of nitrogens with zero attached hydrogens (tertiary/aromatic N) is 1. The first-order valence-corrected chi connectivity index (χ1v) is 7.71. The number of carbonyl (C=O) groups is 1. The molecular weight excluding hydrogens is 326 g/mol. The Morgan fingerprint density at radius 1 is 1.05 bits per heavy atom. The van der Waals surface area contributed by atoms with Gasteiger partial charge in [-0.3, -0.25) is 4.79 Å². The lowest BCUT2D eigenvalue weighted by Gasteiger charge is -2.09. The lowest BCUT2D eigenvalue weighted by atomic mass is 10.0. The minimum atomic E-state index is 0.143. The van der Waals surface area contributed by atoms with E-state index in [4.69, 9.17) is 0 Å². The van der Waals surface area contributed by atoms with Crippen molar-refractivity contribution in [3.05, 3.63) is 69.8 Å². The van der Waals surface area contributed by atoms with Gasteiger partial charge in [0, 0.05) is 26.6 Å². The first-order valence-electron chi connectivity index (χ1n) is 6.91. The van der Waals surface area contributed by atoms with Crippen molar-refractivity contribution in [2.45, 2.75) is 20.4 Å². The number of aromatic nitrogens is 1. The van der Waals surface area contributed by atoms with E-state index in [2.05, 4.69) is 32.6 Å². The highest BCUT2D eigenvalue weighted by atomic mass is 79.9. The molecule has 3 heteroatoms. The summed E-state index contributed by atoms with van der Waals surface area (Å²) in [4.78, 5) is 12.6. The third kappa shape index (κ3) is 2.42. The van der Waals surface area contributed by atoms with Crippen molar-refractivity contribution >= 4 is 32.6 Å². The maximum atomic E-state index is 12.6. The second-order valence-corrected chi connectivity index (χ2v) is 6.03. The van der Waals surface area contributed by atoms with Crippen LogP contribution in [0.15, 0.2) is 53.0 Å². The van der Waals surface area contributed by atoms with Crippen LogP contribution in [0.4, 0.5) is 0 Å². The second-order valence-electron chi connectivity index (χ2n) is 5.24. The predicted molar refractivity (Wildman–Crippen MR) is 89.9 cm³/mol. The quantitative estimate of drug-likeness (QED) is 0.620. The largest absolute Gasteiger partial charge is 0.336 e.